The van der Waals surface area contributed by atoms with Crippen molar-refractivity contribution in [1.82, 2.24) is 0 Å². The second-order valence-corrected chi connectivity index (χ2v) is 1.93. The molecule has 0 saturated heterocycles. The van der Waals surface area contributed by atoms with Crippen LogP contribution in [0.1, 0.15) is 6.92 Å². The van der Waals surface area contributed by atoms with E-state index in [0.717, 1.165) is 11.8 Å². The summed E-state index contributed by atoms with van der Waals surface area (Å²) in [6, 6.07) is 0. The molecule has 0 aliphatic carbocycles. The molecule has 3 heteroatoms. The second-order valence-electron chi connectivity index (χ2n) is 1.02. The van der Waals surface area contributed by atoms with Gasteiger partial charge in [-0.1, -0.05) is 17.8 Å². The summed E-state index contributed by atoms with van der Waals surface area (Å²) in [6.45, 7) is 1.78. The molecule has 0 aromatic rings. The van der Waals surface area contributed by atoms with Gasteiger partial charge in [0.05, 0.1) is 0 Å². The van der Waals surface area contributed by atoms with E-state index in [-0.39, 0.29) is 0 Å². The minimum absolute atomic E-state index is 0.296. The molecule has 0 radical (unpaired) electrons. The number of carbonyl (C=O) groups is 2. The first-order valence-electron chi connectivity index (χ1n) is 2.08. The van der Waals surface area contributed by atoms with Crippen LogP contribution < -0.4 is 0 Å². The van der Waals surface area contributed by atoms with Crippen LogP contribution in [0.15, 0.2) is 11.5 Å². The molecule has 8 heavy (non-hydrogen) atoms. The molecule has 0 amide bonds. The quantitative estimate of drug-likeness (QED) is 0.412. The van der Waals surface area contributed by atoms with E-state index in [1.54, 1.807) is 18.4 Å². The molecular weight excluding hydrogens is 124 g/mol. The molecule has 0 heterocycles. The zero-order chi connectivity index (χ0) is 6.41. The Labute approximate surface area is 52.0 Å². The fraction of sp³-hybridized carbons (Fsp3) is 0.200. The highest BCUT2D eigenvalue weighted by Gasteiger charge is 1.91. The van der Waals surface area contributed by atoms with Gasteiger partial charge in [0, 0.05) is 0 Å². The third kappa shape index (κ3) is 3.61. The van der Waals surface area contributed by atoms with Gasteiger partial charge in [-0.15, -0.1) is 0 Å². The van der Waals surface area contributed by atoms with E-state index in [1.165, 1.54) is 0 Å². The molecule has 0 spiro atoms. The van der Waals surface area contributed by atoms with Crippen LogP contribution in [0.5, 0.6) is 0 Å². The highest BCUT2D eigenvalue weighted by molar-refractivity contribution is 8.17. The van der Waals surface area contributed by atoms with Crippen molar-refractivity contribution >= 4 is 23.2 Å². The number of hydrogen-bond acceptors (Lipinski definition) is 3. The largest absolute Gasteiger partial charge is 0.294 e. The van der Waals surface area contributed by atoms with Crippen molar-refractivity contribution in [2.24, 2.45) is 0 Å². The first kappa shape index (κ1) is 7.43. The van der Waals surface area contributed by atoms with E-state index in [0.29, 0.717) is 6.29 Å². The van der Waals surface area contributed by atoms with Gasteiger partial charge in [-0.3, -0.25) is 9.59 Å². The Bertz CT molecular complexity index is 118. The van der Waals surface area contributed by atoms with E-state index in [2.05, 4.69) is 0 Å². The van der Waals surface area contributed by atoms with Crippen molar-refractivity contribution in [3.63, 3.8) is 0 Å². The Balaban J connectivity index is 3.39. The summed E-state index contributed by atoms with van der Waals surface area (Å²) in [7, 11) is 0. The van der Waals surface area contributed by atoms with Gasteiger partial charge in [0.25, 0.3) is 5.12 Å². The monoisotopic (exact) mass is 130 g/mol. The van der Waals surface area contributed by atoms with Crippen LogP contribution in [0.25, 0.3) is 0 Å². The van der Waals surface area contributed by atoms with E-state index < -0.39 is 5.12 Å². The predicted molar refractivity (Wildman–Crippen MR) is 33.5 cm³/mol. The molecule has 0 aliphatic rings. The van der Waals surface area contributed by atoms with E-state index in [1.807, 2.05) is 0 Å². The van der Waals surface area contributed by atoms with Crippen LogP contribution in [-0.4, -0.2) is 11.4 Å². The van der Waals surface area contributed by atoms with E-state index in [9.17, 15) is 9.59 Å². The van der Waals surface area contributed by atoms with Gasteiger partial charge in [0.1, 0.15) is 0 Å². The average Bonchev–Trinajstić information content (AvgIpc) is 1.83. The van der Waals surface area contributed by atoms with Crippen LogP contribution in [0.2, 0.25) is 0 Å². The molecule has 2 nitrogen and oxygen atoms in total. The number of thioether (sulfide) groups is 1. The molecule has 0 aliphatic heterocycles. The molecule has 0 aromatic heterocycles. The van der Waals surface area contributed by atoms with Crippen molar-refractivity contribution in [1.29, 1.82) is 0 Å². The SMILES string of the molecule is C/C=C\SC(=O)C=O. The minimum Gasteiger partial charge on any atom is -0.294 e. The first-order valence-corrected chi connectivity index (χ1v) is 2.96. The van der Waals surface area contributed by atoms with Gasteiger partial charge >= 0.3 is 0 Å². The number of rotatable bonds is 2. The van der Waals surface area contributed by atoms with Gasteiger partial charge < -0.3 is 0 Å². The van der Waals surface area contributed by atoms with Crippen molar-refractivity contribution in [3.05, 3.63) is 11.5 Å². The lowest BCUT2D eigenvalue weighted by atomic mass is 10.8. The molecule has 0 atom stereocenters. The summed E-state index contributed by atoms with van der Waals surface area (Å²) in [5.41, 5.74) is 0. The molecule has 0 N–H and O–H groups in total. The molecule has 0 fully saturated rings. The van der Waals surface area contributed by atoms with Gasteiger partial charge in [-0.2, -0.15) is 0 Å². The first-order chi connectivity index (χ1) is 3.81. The summed E-state index contributed by atoms with van der Waals surface area (Å²) in [5.74, 6) is 0. The van der Waals surface area contributed by atoms with Crippen molar-refractivity contribution in [2.45, 2.75) is 6.92 Å². The summed E-state index contributed by atoms with van der Waals surface area (Å²) < 4.78 is 0. The van der Waals surface area contributed by atoms with Crippen molar-refractivity contribution in [2.75, 3.05) is 0 Å². The molecule has 0 saturated carbocycles. The topological polar surface area (TPSA) is 34.1 Å². The molecular formula is C5H6O2S. The molecule has 0 unspecified atom stereocenters. The number of hydrogen-bond donors (Lipinski definition) is 0. The highest BCUT2D eigenvalue weighted by Crippen LogP contribution is 1.99. The standard InChI is InChI=1S/C5H6O2S/c1-2-3-8-5(7)4-6/h2-4H,1H3/b3-2-. The molecule has 0 aromatic carbocycles. The van der Waals surface area contributed by atoms with Crippen LogP contribution in [0.4, 0.5) is 0 Å². The predicted octanol–water partition coefficient (Wildman–Crippen LogP) is 0.979. The fourth-order valence-electron chi connectivity index (χ4n) is 0.163. The fourth-order valence-corrected chi connectivity index (χ4v) is 0.489. The third-order valence-corrected chi connectivity index (χ3v) is 1.15. The normalized spacial score (nSPS) is 9.62. The molecule has 0 rings (SSSR count). The Hall–Kier alpha value is -0.570. The average molecular weight is 130 g/mol. The zero-order valence-electron chi connectivity index (χ0n) is 4.46. The maximum absolute atomic E-state index is 10.1. The summed E-state index contributed by atoms with van der Waals surface area (Å²) in [6.07, 6.45) is 2.00. The third-order valence-electron chi connectivity index (χ3n) is 0.417. The van der Waals surface area contributed by atoms with Crippen LogP contribution in [0.3, 0.4) is 0 Å². The highest BCUT2D eigenvalue weighted by atomic mass is 32.2. The van der Waals surface area contributed by atoms with Gasteiger partial charge in [-0.05, 0) is 12.3 Å². The Kier molecular flexibility index (Phi) is 4.26. The second kappa shape index (κ2) is 4.59. The van der Waals surface area contributed by atoms with E-state index >= 15 is 0 Å². The zero-order valence-corrected chi connectivity index (χ0v) is 5.27. The summed E-state index contributed by atoms with van der Waals surface area (Å²) in [5, 5.41) is 1.11. The van der Waals surface area contributed by atoms with Gasteiger partial charge in [-0.25, -0.2) is 0 Å². The van der Waals surface area contributed by atoms with Crippen LogP contribution in [-0.2, 0) is 9.59 Å². The number of aldehydes is 1. The summed E-state index contributed by atoms with van der Waals surface area (Å²) >= 11 is 0.889. The minimum atomic E-state index is -0.455. The number of allylic oxidation sites excluding steroid dienone is 1. The van der Waals surface area contributed by atoms with Crippen LogP contribution in [0, 0.1) is 0 Å². The number of carbonyl (C=O) groups excluding carboxylic acids is 2. The van der Waals surface area contributed by atoms with Crippen LogP contribution >= 0.6 is 11.8 Å². The lowest BCUT2D eigenvalue weighted by Gasteiger charge is -1.76. The Morgan fingerprint density at radius 3 is 2.62 bits per heavy atom. The molecule has 0 bridgehead atoms. The lowest BCUT2D eigenvalue weighted by molar-refractivity contribution is -0.124. The van der Waals surface area contributed by atoms with E-state index in [4.69, 9.17) is 0 Å². The molecule has 44 valence electrons. The lowest BCUT2D eigenvalue weighted by Crippen LogP contribution is -1.86. The summed E-state index contributed by atoms with van der Waals surface area (Å²) in [4.78, 5) is 19.7. The van der Waals surface area contributed by atoms with Crippen molar-refractivity contribution in [3.8, 4) is 0 Å². The Morgan fingerprint density at radius 1 is 1.62 bits per heavy atom. The Morgan fingerprint density at radius 2 is 2.25 bits per heavy atom. The maximum Gasteiger partial charge on any atom is 0.255 e. The van der Waals surface area contributed by atoms with Crippen molar-refractivity contribution < 1.29 is 9.59 Å². The smallest absolute Gasteiger partial charge is 0.255 e. The van der Waals surface area contributed by atoms with Gasteiger partial charge in [0.2, 0.25) is 0 Å². The maximum atomic E-state index is 10.1. The van der Waals surface area contributed by atoms with Gasteiger partial charge in [0.15, 0.2) is 6.29 Å².